The normalized spacial score (nSPS) is 11.8. The van der Waals surface area contributed by atoms with Crippen LogP contribution in [-0.4, -0.2) is 33.4 Å². The molecular formula is C27H29F2N5O2. The van der Waals surface area contributed by atoms with Gasteiger partial charge in [0.15, 0.2) is 11.6 Å². The lowest BCUT2D eigenvalue weighted by atomic mass is 9.98. The molecule has 0 saturated heterocycles. The second-order valence-electron chi connectivity index (χ2n) is 8.88. The molecule has 2 aromatic carbocycles. The van der Waals surface area contributed by atoms with Crippen molar-refractivity contribution in [1.29, 1.82) is 5.26 Å². The third-order valence-corrected chi connectivity index (χ3v) is 5.94. The number of aromatic nitrogens is 2. The van der Waals surface area contributed by atoms with Crippen molar-refractivity contribution >= 4 is 5.91 Å². The number of hydrogen-bond donors (Lipinski definition) is 1. The van der Waals surface area contributed by atoms with E-state index in [4.69, 9.17) is 5.73 Å². The number of carbonyl (C=O) groups excluding carboxylic acids is 1. The van der Waals surface area contributed by atoms with Gasteiger partial charge in [-0.1, -0.05) is 44.2 Å². The van der Waals surface area contributed by atoms with Gasteiger partial charge in [0.2, 0.25) is 0 Å². The maximum absolute atomic E-state index is 14.0. The van der Waals surface area contributed by atoms with Crippen molar-refractivity contribution < 1.29 is 13.6 Å². The van der Waals surface area contributed by atoms with Gasteiger partial charge in [-0.3, -0.25) is 14.2 Å². The van der Waals surface area contributed by atoms with E-state index in [2.05, 4.69) is 4.98 Å². The molecule has 7 nitrogen and oxygen atoms in total. The minimum Gasteiger partial charge on any atom is -0.330 e. The smallest absolute Gasteiger partial charge is 0.272 e. The van der Waals surface area contributed by atoms with Gasteiger partial charge < -0.3 is 10.6 Å². The number of nitrogens with zero attached hydrogens (tertiary/aromatic N) is 4. The Hall–Kier alpha value is -3.90. The van der Waals surface area contributed by atoms with Gasteiger partial charge in [-0.25, -0.2) is 13.8 Å². The first-order valence-corrected chi connectivity index (χ1v) is 11.7. The van der Waals surface area contributed by atoms with Gasteiger partial charge in [-0.2, -0.15) is 5.26 Å². The fraction of sp³-hybridized carbons (Fsp3) is 0.333. The van der Waals surface area contributed by atoms with Crippen LogP contribution in [0, 0.1) is 35.8 Å². The number of nitrogens with two attached hydrogens (primary N) is 1. The molecule has 0 bridgehead atoms. The zero-order valence-electron chi connectivity index (χ0n) is 20.5. The number of rotatable bonds is 9. The molecule has 188 valence electrons. The van der Waals surface area contributed by atoms with Gasteiger partial charge in [-0.15, -0.1) is 0 Å². The first-order valence-electron chi connectivity index (χ1n) is 11.7. The molecule has 3 rings (SSSR count). The van der Waals surface area contributed by atoms with Gasteiger partial charge in [0.25, 0.3) is 11.5 Å². The molecule has 36 heavy (non-hydrogen) atoms. The number of hydrogen-bond acceptors (Lipinski definition) is 5. The molecule has 2 N–H and O–H groups in total. The highest BCUT2D eigenvalue weighted by Crippen LogP contribution is 2.30. The molecule has 0 fully saturated rings. The van der Waals surface area contributed by atoms with E-state index < -0.39 is 29.1 Å². The quantitative estimate of drug-likeness (QED) is 0.486. The molecule has 3 aromatic rings. The SMILES string of the molecule is Cc1nc(C(C(C)C)N(CCCN)C(=O)c2ccc(F)c(F)c2)n(Cc2ccccc2)c(=O)c1C#N. The van der Waals surface area contributed by atoms with Crippen LogP contribution in [0.4, 0.5) is 8.78 Å². The van der Waals surface area contributed by atoms with E-state index >= 15 is 0 Å². The van der Waals surface area contributed by atoms with Crippen LogP contribution in [0.3, 0.4) is 0 Å². The molecule has 0 aliphatic carbocycles. The molecule has 0 spiro atoms. The van der Waals surface area contributed by atoms with E-state index in [0.29, 0.717) is 18.8 Å². The summed E-state index contributed by atoms with van der Waals surface area (Å²) in [7, 11) is 0. The Balaban J connectivity index is 2.22. The maximum atomic E-state index is 14.0. The van der Waals surface area contributed by atoms with E-state index in [0.717, 1.165) is 17.7 Å². The summed E-state index contributed by atoms with van der Waals surface area (Å²) in [5.41, 5.74) is 6.21. The Morgan fingerprint density at radius 1 is 1.17 bits per heavy atom. The first-order chi connectivity index (χ1) is 17.2. The molecule has 0 radical (unpaired) electrons. The van der Waals surface area contributed by atoms with Crippen molar-refractivity contribution in [1.82, 2.24) is 14.5 Å². The van der Waals surface area contributed by atoms with Gasteiger partial charge in [0, 0.05) is 12.1 Å². The van der Waals surface area contributed by atoms with Crippen molar-refractivity contribution in [3.05, 3.63) is 98.7 Å². The third kappa shape index (κ3) is 5.66. The highest BCUT2D eigenvalue weighted by atomic mass is 19.2. The first kappa shape index (κ1) is 26.7. The second-order valence-corrected chi connectivity index (χ2v) is 8.88. The number of aryl methyl sites for hydroxylation is 1. The van der Waals surface area contributed by atoms with Crippen LogP contribution in [0.2, 0.25) is 0 Å². The van der Waals surface area contributed by atoms with E-state index in [-0.39, 0.29) is 35.8 Å². The van der Waals surface area contributed by atoms with E-state index in [1.54, 1.807) is 6.92 Å². The molecule has 0 aliphatic heterocycles. The number of amides is 1. The van der Waals surface area contributed by atoms with Crippen molar-refractivity contribution in [2.75, 3.05) is 13.1 Å². The maximum Gasteiger partial charge on any atom is 0.272 e. The van der Waals surface area contributed by atoms with E-state index in [9.17, 15) is 23.6 Å². The zero-order chi connectivity index (χ0) is 26.4. The van der Waals surface area contributed by atoms with Crippen LogP contribution < -0.4 is 11.3 Å². The van der Waals surface area contributed by atoms with Crippen LogP contribution in [0.15, 0.2) is 53.3 Å². The van der Waals surface area contributed by atoms with Crippen molar-refractivity contribution in [2.45, 2.75) is 39.8 Å². The molecule has 1 heterocycles. The fourth-order valence-corrected chi connectivity index (χ4v) is 4.18. The molecular weight excluding hydrogens is 464 g/mol. The van der Waals surface area contributed by atoms with Gasteiger partial charge in [-0.05, 0) is 49.6 Å². The van der Waals surface area contributed by atoms with Crippen LogP contribution in [0.25, 0.3) is 0 Å². The Kier molecular flexibility index (Phi) is 8.67. The molecule has 1 aromatic heterocycles. The van der Waals surface area contributed by atoms with Gasteiger partial charge in [0.1, 0.15) is 17.5 Å². The highest BCUT2D eigenvalue weighted by Gasteiger charge is 2.33. The molecule has 9 heteroatoms. The monoisotopic (exact) mass is 493 g/mol. The summed E-state index contributed by atoms with van der Waals surface area (Å²) >= 11 is 0. The number of carbonyl (C=O) groups is 1. The average molecular weight is 494 g/mol. The minimum absolute atomic E-state index is 0.0288. The Bertz CT molecular complexity index is 1330. The van der Waals surface area contributed by atoms with Crippen molar-refractivity contribution in [3.8, 4) is 6.07 Å². The number of nitriles is 1. The fourth-order valence-electron chi connectivity index (χ4n) is 4.18. The van der Waals surface area contributed by atoms with Gasteiger partial charge >= 0.3 is 0 Å². The summed E-state index contributed by atoms with van der Waals surface area (Å²) in [4.78, 5) is 33.2. The summed E-state index contributed by atoms with van der Waals surface area (Å²) < 4.78 is 28.9. The molecule has 1 unspecified atom stereocenters. The summed E-state index contributed by atoms with van der Waals surface area (Å²) in [6.07, 6.45) is 0.441. The summed E-state index contributed by atoms with van der Waals surface area (Å²) in [5.74, 6) is -2.64. The van der Waals surface area contributed by atoms with Crippen molar-refractivity contribution in [3.63, 3.8) is 0 Å². The molecule has 1 atom stereocenters. The van der Waals surface area contributed by atoms with Crippen LogP contribution in [0.5, 0.6) is 0 Å². The lowest BCUT2D eigenvalue weighted by molar-refractivity contribution is 0.0601. The number of halogens is 2. The van der Waals surface area contributed by atoms with Crippen LogP contribution in [-0.2, 0) is 6.54 Å². The number of benzene rings is 2. The largest absolute Gasteiger partial charge is 0.330 e. The Morgan fingerprint density at radius 2 is 1.86 bits per heavy atom. The summed E-state index contributed by atoms with van der Waals surface area (Å²) in [5, 5.41) is 9.59. The average Bonchev–Trinajstić information content (AvgIpc) is 2.85. The van der Waals surface area contributed by atoms with Crippen LogP contribution >= 0.6 is 0 Å². The predicted octanol–water partition coefficient (Wildman–Crippen LogP) is 3.94. The predicted molar refractivity (Wildman–Crippen MR) is 132 cm³/mol. The lowest BCUT2D eigenvalue weighted by Gasteiger charge is -2.35. The topological polar surface area (TPSA) is 105 Å². The van der Waals surface area contributed by atoms with Gasteiger partial charge in [0.05, 0.1) is 18.3 Å². The third-order valence-electron chi connectivity index (χ3n) is 5.94. The lowest BCUT2D eigenvalue weighted by Crippen LogP contribution is -2.43. The molecule has 1 amide bonds. The molecule has 0 aliphatic rings. The standard InChI is InChI=1S/C27H29F2N5O2/c1-17(2)24(33(13-7-12-30)26(35)20-10-11-22(28)23(29)14-20)25-32-18(3)21(15-31)27(36)34(25)16-19-8-5-4-6-9-19/h4-6,8-11,14,17,24H,7,12-13,16,30H2,1-3H3. The van der Waals surface area contributed by atoms with E-state index in [1.807, 2.05) is 50.2 Å². The minimum atomic E-state index is -1.13. The van der Waals surface area contributed by atoms with Crippen LogP contribution in [0.1, 0.15) is 59.3 Å². The zero-order valence-corrected chi connectivity index (χ0v) is 20.5. The summed E-state index contributed by atoms with van der Waals surface area (Å²) in [6.45, 7) is 5.98. The van der Waals surface area contributed by atoms with E-state index in [1.165, 1.54) is 15.5 Å². The summed E-state index contributed by atoms with van der Waals surface area (Å²) in [6, 6.07) is 13.5. The van der Waals surface area contributed by atoms with Crippen molar-refractivity contribution in [2.24, 2.45) is 11.7 Å². The second kappa shape index (κ2) is 11.7. The Morgan fingerprint density at radius 3 is 2.44 bits per heavy atom. The highest BCUT2D eigenvalue weighted by molar-refractivity contribution is 5.94. The Labute approximate surface area is 208 Å². The molecule has 0 saturated carbocycles.